The van der Waals surface area contributed by atoms with Gasteiger partial charge in [-0.15, -0.1) is 0 Å². The molecule has 5 heteroatoms. The number of nitrogens with one attached hydrogen (secondary N) is 1. The third-order valence-electron chi connectivity index (χ3n) is 4.23. The van der Waals surface area contributed by atoms with Crippen molar-refractivity contribution in [2.75, 3.05) is 0 Å². The molecule has 1 N–H and O–H groups in total. The Hall–Kier alpha value is -2.37. The lowest BCUT2D eigenvalue weighted by Crippen LogP contribution is -2.24. The first-order chi connectivity index (χ1) is 12.0. The lowest BCUT2D eigenvalue weighted by atomic mass is 10.2. The van der Waals surface area contributed by atoms with E-state index in [0.717, 1.165) is 28.2 Å². The van der Waals surface area contributed by atoms with Gasteiger partial charge in [0.15, 0.2) is 0 Å². The van der Waals surface area contributed by atoms with Gasteiger partial charge in [0, 0.05) is 23.6 Å². The Labute approximate surface area is 149 Å². The van der Waals surface area contributed by atoms with Gasteiger partial charge in [-0.25, -0.2) is 13.1 Å². The summed E-state index contributed by atoms with van der Waals surface area (Å²) < 4.78 is 29.5. The summed E-state index contributed by atoms with van der Waals surface area (Å²) in [5.74, 6) is -0.00867. The van der Waals surface area contributed by atoms with E-state index in [2.05, 4.69) is 9.29 Å². The number of hydrogen-bond acceptors (Lipinski definition) is 2. The Bertz CT molecular complexity index is 946. The number of nitrogens with zero attached hydrogens (tertiary/aromatic N) is 1. The first kappa shape index (κ1) is 17.5. The molecule has 0 aliphatic carbocycles. The molecule has 0 saturated heterocycles. The van der Waals surface area contributed by atoms with Crippen molar-refractivity contribution >= 4 is 10.0 Å². The third-order valence-corrected chi connectivity index (χ3v) is 5.53. The predicted octanol–water partition coefficient (Wildman–Crippen LogP) is 3.71. The summed E-state index contributed by atoms with van der Waals surface area (Å²) in [7, 11) is -3.38. The summed E-state index contributed by atoms with van der Waals surface area (Å²) in [6.45, 7) is 4.34. The predicted molar refractivity (Wildman–Crippen MR) is 101 cm³/mol. The molecule has 130 valence electrons. The van der Waals surface area contributed by atoms with Crippen LogP contribution in [0.1, 0.15) is 22.5 Å². The smallest absolute Gasteiger partial charge is 0.216 e. The quantitative estimate of drug-likeness (QED) is 0.733. The molecule has 0 aliphatic rings. The number of rotatable bonds is 6. The van der Waals surface area contributed by atoms with Crippen LogP contribution in [-0.2, 0) is 22.3 Å². The zero-order valence-corrected chi connectivity index (χ0v) is 15.3. The number of hydrogen-bond donors (Lipinski definition) is 1. The van der Waals surface area contributed by atoms with Crippen LogP contribution in [0.5, 0.6) is 0 Å². The number of para-hydroxylation sites is 1. The topological polar surface area (TPSA) is 51.1 Å². The third kappa shape index (κ3) is 4.18. The van der Waals surface area contributed by atoms with Crippen molar-refractivity contribution in [1.29, 1.82) is 0 Å². The molecule has 0 spiro atoms. The molecule has 0 saturated carbocycles. The summed E-state index contributed by atoms with van der Waals surface area (Å²) in [6.07, 6.45) is 0. The van der Waals surface area contributed by atoms with Crippen LogP contribution in [0.25, 0.3) is 5.69 Å². The van der Waals surface area contributed by atoms with Crippen LogP contribution < -0.4 is 4.72 Å². The number of benzene rings is 2. The van der Waals surface area contributed by atoms with Gasteiger partial charge in [0.05, 0.1) is 5.75 Å². The molecule has 0 aliphatic heterocycles. The number of aryl methyl sites for hydroxylation is 1. The van der Waals surface area contributed by atoms with Gasteiger partial charge in [-0.2, -0.15) is 0 Å². The zero-order chi connectivity index (χ0) is 17.9. The molecule has 3 rings (SSSR count). The van der Waals surface area contributed by atoms with E-state index >= 15 is 0 Å². The average molecular weight is 354 g/mol. The minimum Gasteiger partial charge on any atom is -0.318 e. The van der Waals surface area contributed by atoms with Gasteiger partial charge in [-0.1, -0.05) is 48.5 Å². The monoisotopic (exact) mass is 354 g/mol. The standard InChI is InChI=1S/C20H22N2O2S/c1-16-13-19(17(2)22(16)20-11-7-4-8-12-20)14-21-25(23,24)15-18-9-5-3-6-10-18/h3-13,21H,14-15H2,1-2H3. The molecule has 0 bridgehead atoms. The minimum atomic E-state index is -3.38. The maximum atomic E-state index is 12.3. The molecule has 0 fully saturated rings. The van der Waals surface area contributed by atoms with Crippen molar-refractivity contribution in [1.82, 2.24) is 9.29 Å². The van der Waals surface area contributed by atoms with Crippen LogP contribution in [0.3, 0.4) is 0 Å². The summed E-state index contributed by atoms with van der Waals surface area (Å²) >= 11 is 0. The highest BCUT2D eigenvalue weighted by Gasteiger charge is 2.15. The molecule has 4 nitrogen and oxygen atoms in total. The summed E-state index contributed by atoms with van der Waals surface area (Å²) in [6, 6.07) is 21.3. The largest absolute Gasteiger partial charge is 0.318 e. The van der Waals surface area contributed by atoms with E-state index in [-0.39, 0.29) is 5.75 Å². The molecule has 0 radical (unpaired) electrons. The first-order valence-corrected chi connectivity index (χ1v) is 9.86. The summed E-state index contributed by atoms with van der Waals surface area (Å²) in [5.41, 5.74) is 4.98. The fourth-order valence-electron chi connectivity index (χ4n) is 3.01. The molecular weight excluding hydrogens is 332 g/mol. The first-order valence-electron chi connectivity index (χ1n) is 8.21. The molecule has 1 heterocycles. The van der Waals surface area contributed by atoms with Crippen molar-refractivity contribution < 1.29 is 8.42 Å². The van der Waals surface area contributed by atoms with E-state index in [4.69, 9.17) is 0 Å². The van der Waals surface area contributed by atoms with E-state index in [9.17, 15) is 8.42 Å². The van der Waals surface area contributed by atoms with Gasteiger partial charge in [-0.05, 0) is 43.2 Å². The maximum Gasteiger partial charge on any atom is 0.216 e. The molecular formula is C20H22N2O2S. The van der Waals surface area contributed by atoms with Gasteiger partial charge in [-0.3, -0.25) is 0 Å². The van der Waals surface area contributed by atoms with Crippen LogP contribution in [0.15, 0.2) is 66.7 Å². The zero-order valence-electron chi connectivity index (χ0n) is 14.4. The van der Waals surface area contributed by atoms with Crippen LogP contribution in [0.4, 0.5) is 0 Å². The highest BCUT2D eigenvalue weighted by Crippen LogP contribution is 2.20. The molecule has 0 unspecified atom stereocenters. The highest BCUT2D eigenvalue weighted by atomic mass is 32.2. The van der Waals surface area contributed by atoms with Crippen LogP contribution in [0, 0.1) is 13.8 Å². The van der Waals surface area contributed by atoms with Crippen LogP contribution in [0.2, 0.25) is 0 Å². The Morgan fingerprint density at radius 1 is 0.920 bits per heavy atom. The molecule has 2 aromatic carbocycles. The SMILES string of the molecule is Cc1cc(CNS(=O)(=O)Cc2ccccc2)c(C)n1-c1ccccc1. The van der Waals surface area contributed by atoms with Crippen molar-refractivity contribution in [3.8, 4) is 5.69 Å². The van der Waals surface area contributed by atoms with Crippen LogP contribution >= 0.6 is 0 Å². The Balaban J connectivity index is 1.76. The fraction of sp³-hybridized carbons (Fsp3) is 0.200. The van der Waals surface area contributed by atoms with Crippen LogP contribution in [-0.4, -0.2) is 13.0 Å². The minimum absolute atomic E-state index is 0.00867. The molecule has 0 amide bonds. The lowest BCUT2D eigenvalue weighted by Gasteiger charge is -2.10. The highest BCUT2D eigenvalue weighted by molar-refractivity contribution is 7.88. The molecule has 1 aromatic heterocycles. The Morgan fingerprint density at radius 3 is 2.16 bits per heavy atom. The normalized spacial score (nSPS) is 11.6. The second-order valence-electron chi connectivity index (χ2n) is 6.13. The van der Waals surface area contributed by atoms with Crippen molar-refractivity contribution in [2.45, 2.75) is 26.1 Å². The maximum absolute atomic E-state index is 12.3. The summed E-state index contributed by atoms with van der Waals surface area (Å²) in [5, 5.41) is 0. The molecule has 3 aromatic rings. The van der Waals surface area contributed by atoms with E-state index in [1.165, 1.54) is 0 Å². The van der Waals surface area contributed by atoms with E-state index in [1.54, 1.807) is 0 Å². The second-order valence-corrected chi connectivity index (χ2v) is 7.94. The van der Waals surface area contributed by atoms with Crippen molar-refractivity contribution in [3.05, 3.63) is 89.2 Å². The number of sulfonamides is 1. The summed E-state index contributed by atoms with van der Waals surface area (Å²) in [4.78, 5) is 0. The average Bonchev–Trinajstić information content (AvgIpc) is 2.88. The Morgan fingerprint density at radius 2 is 1.52 bits per heavy atom. The van der Waals surface area contributed by atoms with Gasteiger partial charge >= 0.3 is 0 Å². The molecule has 0 atom stereocenters. The lowest BCUT2D eigenvalue weighted by molar-refractivity contribution is 0.580. The molecule has 25 heavy (non-hydrogen) atoms. The van der Waals surface area contributed by atoms with Gasteiger partial charge in [0.25, 0.3) is 0 Å². The number of aromatic nitrogens is 1. The van der Waals surface area contributed by atoms with Gasteiger partial charge in [0.1, 0.15) is 0 Å². The van der Waals surface area contributed by atoms with E-state index < -0.39 is 10.0 Å². The fourth-order valence-corrected chi connectivity index (χ4v) is 4.12. The van der Waals surface area contributed by atoms with Crippen molar-refractivity contribution in [2.24, 2.45) is 0 Å². The van der Waals surface area contributed by atoms with E-state index in [0.29, 0.717) is 6.54 Å². The van der Waals surface area contributed by atoms with Gasteiger partial charge in [0.2, 0.25) is 10.0 Å². The van der Waals surface area contributed by atoms with E-state index in [1.807, 2.05) is 80.6 Å². The van der Waals surface area contributed by atoms with Gasteiger partial charge < -0.3 is 4.57 Å². The van der Waals surface area contributed by atoms with Crippen molar-refractivity contribution in [3.63, 3.8) is 0 Å². The second kappa shape index (κ2) is 7.25. The Kier molecular flexibility index (Phi) is 5.06.